The van der Waals surface area contributed by atoms with E-state index in [1.165, 1.54) is 12.1 Å². The lowest BCUT2D eigenvalue weighted by Gasteiger charge is -2.04. The summed E-state index contributed by atoms with van der Waals surface area (Å²) in [6.07, 6.45) is 1.31. The molecule has 0 aliphatic carbocycles. The lowest BCUT2D eigenvalue weighted by atomic mass is 10.1. The van der Waals surface area contributed by atoms with Crippen molar-refractivity contribution in [2.24, 2.45) is 0 Å². The SMILES string of the molecule is N#C/C(=C/c1ccc(-c2ccccc2C(=O)O)o1)C(=O)Nc1cccc(Br)c1. The number of amides is 1. The molecule has 28 heavy (non-hydrogen) atoms. The Balaban J connectivity index is 1.86. The normalized spacial score (nSPS) is 10.9. The molecule has 3 aromatic rings. The fourth-order valence-electron chi connectivity index (χ4n) is 2.52. The number of nitriles is 1. The van der Waals surface area contributed by atoms with Crippen molar-refractivity contribution in [2.45, 2.75) is 0 Å². The molecule has 0 atom stereocenters. The molecule has 0 aliphatic rings. The molecule has 1 amide bonds. The minimum Gasteiger partial charge on any atom is -0.478 e. The van der Waals surface area contributed by atoms with Crippen molar-refractivity contribution in [3.05, 3.63) is 82.0 Å². The lowest BCUT2D eigenvalue weighted by Crippen LogP contribution is -2.13. The first-order valence-corrected chi connectivity index (χ1v) is 8.88. The fraction of sp³-hybridized carbons (Fsp3) is 0. The molecule has 1 heterocycles. The van der Waals surface area contributed by atoms with E-state index in [-0.39, 0.29) is 16.9 Å². The Morgan fingerprint density at radius 3 is 2.61 bits per heavy atom. The van der Waals surface area contributed by atoms with Crippen LogP contribution in [0.1, 0.15) is 16.1 Å². The van der Waals surface area contributed by atoms with E-state index in [4.69, 9.17) is 4.42 Å². The molecule has 0 radical (unpaired) electrons. The van der Waals surface area contributed by atoms with Gasteiger partial charge in [-0.1, -0.05) is 40.2 Å². The summed E-state index contributed by atoms with van der Waals surface area (Å²) in [5, 5.41) is 21.3. The van der Waals surface area contributed by atoms with Crippen LogP contribution < -0.4 is 5.32 Å². The Morgan fingerprint density at radius 1 is 1.11 bits per heavy atom. The molecule has 0 saturated heterocycles. The van der Waals surface area contributed by atoms with Crippen LogP contribution in [0.3, 0.4) is 0 Å². The number of nitrogens with one attached hydrogen (secondary N) is 1. The van der Waals surface area contributed by atoms with Crippen molar-refractivity contribution in [1.29, 1.82) is 5.26 Å². The second-order valence-electron chi connectivity index (χ2n) is 5.69. The number of rotatable bonds is 5. The first-order chi connectivity index (χ1) is 13.5. The zero-order valence-corrected chi connectivity index (χ0v) is 15.9. The van der Waals surface area contributed by atoms with Crippen LogP contribution >= 0.6 is 15.9 Å². The van der Waals surface area contributed by atoms with Gasteiger partial charge < -0.3 is 14.8 Å². The van der Waals surface area contributed by atoms with E-state index in [0.717, 1.165) is 4.47 Å². The van der Waals surface area contributed by atoms with Gasteiger partial charge in [-0.2, -0.15) is 5.26 Å². The average molecular weight is 437 g/mol. The van der Waals surface area contributed by atoms with Crippen molar-refractivity contribution in [3.8, 4) is 17.4 Å². The third-order valence-electron chi connectivity index (χ3n) is 3.78. The van der Waals surface area contributed by atoms with Gasteiger partial charge in [0.2, 0.25) is 0 Å². The Morgan fingerprint density at radius 2 is 1.89 bits per heavy atom. The third-order valence-corrected chi connectivity index (χ3v) is 4.28. The van der Waals surface area contributed by atoms with E-state index >= 15 is 0 Å². The van der Waals surface area contributed by atoms with Gasteiger partial charge >= 0.3 is 5.97 Å². The second kappa shape index (κ2) is 8.37. The number of anilines is 1. The molecule has 6 nitrogen and oxygen atoms in total. The molecule has 0 saturated carbocycles. The molecule has 0 fully saturated rings. The smallest absolute Gasteiger partial charge is 0.336 e. The highest BCUT2D eigenvalue weighted by Crippen LogP contribution is 2.27. The van der Waals surface area contributed by atoms with Gasteiger partial charge in [0.25, 0.3) is 5.91 Å². The summed E-state index contributed by atoms with van der Waals surface area (Å²) < 4.78 is 6.43. The minimum atomic E-state index is -1.07. The maximum absolute atomic E-state index is 12.3. The van der Waals surface area contributed by atoms with Gasteiger partial charge in [0.1, 0.15) is 23.2 Å². The van der Waals surface area contributed by atoms with Crippen LogP contribution in [-0.4, -0.2) is 17.0 Å². The highest BCUT2D eigenvalue weighted by Gasteiger charge is 2.15. The molecular formula is C21H13BrN2O4. The van der Waals surface area contributed by atoms with Crippen molar-refractivity contribution in [1.82, 2.24) is 0 Å². The number of benzene rings is 2. The Labute approximate surface area is 168 Å². The van der Waals surface area contributed by atoms with Crippen LogP contribution in [0.15, 0.2) is 75.1 Å². The number of carbonyl (C=O) groups excluding carboxylic acids is 1. The highest BCUT2D eigenvalue weighted by molar-refractivity contribution is 9.10. The van der Waals surface area contributed by atoms with Crippen molar-refractivity contribution >= 4 is 39.6 Å². The highest BCUT2D eigenvalue weighted by atomic mass is 79.9. The first-order valence-electron chi connectivity index (χ1n) is 8.09. The summed E-state index contributed by atoms with van der Waals surface area (Å²) in [5.41, 5.74) is 0.899. The summed E-state index contributed by atoms with van der Waals surface area (Å²) in [4.78, 5) is 23.7. The monoisotopic (exact) mass is 436 g/mol. The van der Waals surface area contributed by atoms with Crippen LogP contribution in [0.25, 0.3) is 17.4 Å². The van der Waals surface area contributed by atoms with Crippen molar-refractivity contribution < 1.29 is 19.1 Å². The van der Waals surface area contributed by atoms with Gasteiger partial charge in [0.15, 0.2) is 0 Å². The summed E-state index contributed by atoms with van der Waals surface area (Å²) in [6, 6.07) is 18.4. The summed E-state index contributed by atoms with van der Waals surface area (Å²) in [6.45, 7) is 0. The molecule has 3 rings (SSSR count). The van der Waals surface area contributed by atoms with E-state index in [0.29, 0.717) is 17.0 Å². The molecular weight excluding hydrogens is 424 g/mol. The van der Waals surface area contributed by atoms with Gasteiger partial charge in [0, 0.05) is 21.8 Å². The molecule has 2 aromatic carbocycles. The van der Waals surface area contributed by atoms with Crippen molar-refractivity contribution in [2.75, 3.05) is 5.32 Å². The van der Waals surface area contributed by atoms with Crippen LogP contribution in [-0.2, 0) is 4.79 Å². The third kappa shape index (κ3) is 4.37. The second-order valence-corrected chi connectivity index (χ2v) is 6.60. The predicted octanol–water partition coefficient (Wildman–Crippen LogP) is 4.95. The molecule has 1 aromatic heterocycles. The fourth-order valence-corrected chi connectivity index (χ4v) is 2.91. The number of halogens is 1. The lowest BCUT2D eigenvalue weighted by molar-refractivity contribution is -0.112. The predicted molar refractivity (Wildman–Crippen MR) is 107 cm³/mol. The molecule has 0 unspecified atom stereocenters. The number of hydrogen-bond acceptors (Lipinski definition) is 4. The van der Waals surface area contributed by atoms with Gasteiger partial charge in [-0.05, 0) is 36.4 Å². The molecule has 0 bridgehead atoms. The van der Waals surface area contributed by atoms with Gasteiger partial charge in [-0.25, -0.2) is 4.79 Å². The minimum absolute atomic E-state index is 0.0975. The van der Waals surface area contributed by atoms with Gasteiger partial charge in [0.05, 0.1) is 5.56 Å². The number of carboxylic acids is 1. The zero-order chi connectivity index (χ0) is 20.1. The van der Waals surface area contributed by atoms with E-state index in [2.05, 4.69) is 21.2 Å². The Hall–Kier alpha value is -3.63. The zero-order valence-electron chi connectivity index (χ0n) is 14.3. The number of hydrogen-bond donors (Lipinski definition) is 2. The standard InChI is InChI=1S/C21H13BrN2O4/c22-14-4-3-5-15(11-14)24-20(25)13(12-23)10-16-8-9-19(28-16)17-6-1-2-7-18(17)21(26)27/h1-11H,(H,24,25)(H,26,27)/b13-10-. The average Bonchev–Trinajstić information content (AvgIpc) is 3.14. The van der Waals surface area contributed by atoms with E-state index in [9.17, 15) is 20.0 Å². The number of nitrogens with zero attached hydrogens (tertiary/aromatic N) is 1. The van der Waals surface area contributed by atoms with E-state index in [1.54, 1.807) is 48.5 Å². The summed E-state index contributed by atoms with van der Waals surface area (Å²) in [7, 11) is 0. The van der Waals surface area contributed by atoms with Crippen molar-refractivity contribution in [3.63, 3.8) is 0 Å². The number of carbonyl (C=O) groups is 2. The number of aromatic carboxylic acids is 1. The molecule has 7 heteroatoms. The summed E-state index contributed by atoms with van der Waals surface area (Å²) >= 11 is 3.31. The number of furan rings is 1. The molecule has 138 valence electrons. The maximum Gasteiger partial charge on any atom is 0.336 e. The van der Waals surface area contributed by atoms with Gasteiger partial charge in [-0.3, -0.25) is 4.79 Å². The molecule has 0 spiro atoms. The quantitative estimate of drug-likeness (QED) is 0.434. The topological polar surface area (TPSA) is 103 Å². The van der Waals surface area contributed by atoms with Gasteiger partial charge in [-0.15, -0.1) is 0 Å². The van der Waals surface area contributed by atoms with Crippen LogP contribution in [0, 0.1) is 11.3 Å². The van der Waals surface area contributed by atoms with E-state index < -0.39 is 11.9 Å². The molecule has 2 N–H and O–H groups in total. The van der Waals surface area contributed by atoms with Crippen LogP contribution in [0.5, 0.6) is 0 Å². The summed E-state index contributed by atoms with van der Waals surface area (Å²) in [5.74, 6) is -1.07. The Bertz CT molecular complexity index is 1130. The largest absolute Gasteiger partial charge is 0.478 e. The van der Waals surface area contributed by atoms with Crippen LogP contribution in [0.2, 0.25) is 0 Å². The van der Waals surface area contributed by atoms with Crippen LogP contribution in [0.4, 0.5) is 5.69 Å². The Kier molecular flexibility index (Phi) is 5.72. The van der Waals surface area contributed by atoms with E-state index in [1.807, 2.05) is 12.1 Å². The maximum atomic E-state index is 12.3. The molecule has 0 aliphatic heterocycles. The first kappa shape index (κ1) is 19.1. The number of carboxylic acid groups (broad SMARTS) is 1.